The molecule has 0 radical (unpaired) electrons. The molecule has 0 aromatic heterocycles. The highest BCUT2D eigenvalue weighted by atomic mass is 19.1. The lowest BCUT2D eigenvalue weighted by Gasteiger charge is -2.35. The number of nitrogens with two attached hydrogens (primary N) is 2. The monoisotopic (exact) mass is 509 g/mol. The minimum Gasteiger partial charge on any atom is -0.405 e. The van der Waals surface area contributed by atoms with Crippen LogP contribution in [0.4, 0.5) is 4.39 Å². The van der Waals surface area contributed by atoms with Crippen LogP contribution in [0.5, 0.6) is 0 Å². The lowest BCUT2D eigenvalue weighted by molar-refractivity contribution is 0.592. The van der Waals surface area contributed by atoms with Crippen molar-refractivity contribution in [2.75, 3.05) is 0 Å². The number of hydrogen-bond donors (Lipinski definition) is 2. The van der Waals surface area contributed by atoms with Crippen LogP contribution in [0.1, 0.15) is 44.7 Å². The maximum absolute atomic E-state index is 13.0. The molecule has 4 N–H and O–H groups in total. The largest absolute Gasteiger partial charge is 0.405 e. The lowest BCUT2D eigenvalue weighted by Crippen LogP contribution is -2.31. The number of amidine groups is 1. The molecule has 0 heterocycles. The second-order valence-electron chi connectivity index (χ2n) is 9.07. The van der Waals surface area contributed by atoms with E-state index in [1.54, 1.807) is 12.1 Å². The predicted octanol–water partition coefficient (Wildman–Crippen LogP) is 8.26. The fraction of sp³-hybridized carbons (Fsp3) is 0.206. The molecule has 0 aliphatic heterocycles. The molecule has 0 saturated carbocycles. The summed E-state index contributed by atoms with van der Waals surface area (Å²) in [5, 5.41) is 0. The van der Waals surface area contributed by atoms with Gasteiger partial charge in [0.1, 0.15) is 11.4 Å². The quantitative estimate of drug-likeness (QED) is 0.200. The van der Waals surface area contributed by atoms with Gasteiger partial charge in [-0.2, -0.15) is 0 Å². The Morgan fingerprint density at radius 2 is 1.63 bits per heavy atom. The average molecular weight is 510 g/mol. The van der Waals surface area contributed by atoms with E-state index in [-0.39, 0.29) is 5.82 Å². The van der Waals surface area contributed by atoms with Crippen LogP contribution in [0.2, 0.25) is 0 Å². The van der Waals surface area contributed by atoms with E-state index in [1.807, 2.05) is 50.2 Å². The molecule has 0 amide bonds. The number of aryl methyl sites for hydroxylation is 1. The molecule has 1 aliphatic rings. The third-order valence-corrected chi connectivity index (χ3v) is 6.12. The normalized spacial score (nSPS) is 14.0. The fourth-order valence-electron chi connectivity index (χ4n) is 4.42. The topological polar surface area (TPSA) is 64.4 Å². The van der Waals surface area contributed by atoms with Gasteiger partial charge in [0.05, 0.1) is 5.84 Å². The van der Waals surface area contributed by atoms with Crippen LogP contribution in [-0.2, 0) is 12.0 Å². The van der Waals surface area contributed by atoms with E-state index in [1.165, 1.54) is 23.4 Å². The van der Waals surface area contributed by atoms with Crippen molar-refractivity contribution in [3.8, 4) is 11.1 Å². The number of hydrogen-bond acceptors (Lipinski definition) is 2. The molecule has 3 aromatic rings. The first kappa shape index (κ1) is 30.0. The molecule has 1 atom stereocenters. The Morgan fingerprint density at radius 3 is 2.16 bits per heavy atom. The van der Waals surface area contributed by atoms with Crippen molar-refractivity contribution in [3.63, 3.8) is 0 Å². The molecule has 0 spiro atoms. The molecule has 0 bridgehead atoms. The zero-order valence-corrected chi connectivity index (χ0v) is 22.8. The lowest BCUT2D eigenvalue weighted by atomic mass is 9.75. The van der Waals surface area contributed by atoms with E-state index in [2.05, 4.69) is 68.3 Å². The Hall–Kier alpha value is -4.18. The zero-order chi connectivity index (χ0) is 28.0. The highest BCUT2D eigenvalue weighted by molar-refractivity contribution is 5.79. The van der Waals surface area contributed by atoms with E-state index < -0.39 is 5.54 Å². The summed E-state index contributed by atoms with van der Waals surface area (Å²) in [6.07, 6.45) is 10.7. The van der Waals surface area contributed by atoms with Gasteiger partial charge in [-0.1, -0.05) is 105 Å². The van der Waals surface area contributed by atoms with Gasteiger partial charge in [0.15, 0.2) is 0 Å². The van der Waals surface area contributed by atoms with Gasteiger partial charge in [0.25, 0.3) is 0 Å². The molecular weight excluding hydrogens is 469 g/mol. The Kier molecular flexibility index (Phi) is 12.0. The summed E-state index contributed by atoms with van der Waals surface area (Å²) in [6, 6.07) is 25.2. The molecule has 0 saturated heterocycles. The molecule has 0 fully saturated rings. The third kappa shape index (κ3) is 8.17. The zero-order valence-electron chi connectivity index (χ0n) is 22.8. The molecule has 1 aliphatic carbocycles. The molecule has 1 unspecified atom stereocenters. The van der Waals surface area contributed by atoms with Gasteiger partial charge < -0.3 is 11.5 Å². The van der Waals surface area contributed by atoms with Gasteiger partial charge >= 0.3 is 0 Å². The summed E-state index contributed by atoms with van der Waals surface area (Å²) in [5.41, 5.74) is 16.7. The number of aliphatic imine (C=N–C) groups is 1. The average Bonchev–Trinajstić information content (AvgIpc) is 2.93. The number of rotatable bonds is 6. The second kappa shape index (κ2) is 15.2. The minimum atomic E-state index is -0.537. The van der Waals surface area contributed by atoms with Crippen molar-refractivity contribution in [2.45, 2.75) is 45.6 Å². The summed E-state index contributed by atoms with van der Waals surface area (Å²) in [6.45, 7) is 13.3. The van der Waals surface area contributed by atoms with Crippen molar-refractivity contribution >= 4 is 5.84 Å². The minimum absolute atomic E-state index is 0.186. The van der Waals surface area contributed by atoms with E-state index in [0.717, 1.165) is 41.5 Å². The van der Waals surface area contributed by atoms with Crippen molar-refractivity contribution < 1.29 is 4.39 Å². The van der Waals surface area contributed by atoms with Gasteiger partial charge in [0, 0.05) is 0 Å². The number of benzene rings is 3. The highest BCUT2D eigenvalue weighted by Gasteiger charge is 2.36. The summed E-state index contributed by atoms with van der Waals surface area (Å²) >= 11 is 0. The van der Waals surface area contributed by atoms with E-state index in [4.69, 9.17) is 10.7 Å². The Morgan fingerprint density at radius 1 is 1.00 bits per heavy atom. The van der Waals surface area contributed by atoms with Gasteiger partial charge in [-0.15, -0.1) is 0 Å². The molecule has 38 heavy (non-hydrogen) atoms. The Balaban J connectivity index is 0.000000250. The Bertz CT molecular complexity index is 1280. The second-order valence-corrected chi connectivity index (χ2v) is 9.07. The first-order valence-electron chi connectivity index (χ1n) is 12.9. The van der Waals surface area contributed by atoms with Crippen LogP contribution in [0.25, 0.3) is 11.1 Å². The number of nitrogens with zero attached hydrogens (tertiary/aromatic N) is 1. The Labute approximate surface area is 227 Å². The van der Waals surface area contributed by atoms with E-state index >= 15 is 0 Å². The molecule has 198 valence electrons. The smallest absolute Gasteiger partial charge is 0.129 e. The molecular formula is C34H40FN3. The van der Waals surface area contributed by atoms with Crippen LogP contribution >= 0.6 is 0 Å². The van der Waals surface area contributed by atoms with Crippen molar-refractivity contribution in [3.05, 3.63) is 145 Å². The highest BCUT2D eigenvalue weighted by Crippen LogP contribution is 2.43. The SMILES string of the molecule is C=C(C)C(N=C(C)N)(C1=CC=CCC1)c1ccccc1.C=CN.CCc1cccc(-c2cccc(F)c2)c1. The first-order valence-corrected chi connectivity index (χ1v) is 12.9. The van der Waals surface area contributed by atoms with E-state index in [0.29, 0.717) is 5.84 Å². The maximum atomic E-state index is 13.0. The van der Waals surface area contributed by atoms with Crippen LogP contribution in [-0.4, -0.2) is 5.84 Å². The number of halogens is 1. The van der Waals surface area contributed by atoms with Crippen LogP contribution < -0.4 is 11.5 Å². The van der Waals surface area contributed by atoms with E-state index in [9.17, 15) is 4.39 Å². The first-order chi connectivity index (χ1) is 18.3. The van der Waals surface area contributed by atoms with Crippen LogP contribution in [0.15, 0.2) is 133 Å². The third-order valence-electron chi connectivity index (χ3n) is 6.12. The molecule has 4 heteroatoms. The summed E-state index contributed by atoms with van der Waals surface area (Å²) in [7, 11) is 0. The van der Waals surface area contributed by atoms with Crippen LogP contribution in [0.3, 0.4) is 0 Å². The van der Waals surface area contributed by atoms with Gasteiger partial charge in [0.2, 0.25) is 0 Å². The summed E-state index contributed by atoms with van der Waals surface area (Å²) < 4.78 is 13.0. The van der Waals surface area contributed by atoms with Crippen molar-refractivity contribution in [1.29, 1.82) is 0 Å². The molecule has 3 nitrogen and oxygen atoms in total. The summed E-state index contributed by atoms with van der Waals surface area (Å²) in [5.74, 6) is 0.390. The van der Waals surface area contributed by atoms with Gasteiger partial charge in [-0.05, 0) is 84.8 Å². The standard InChI is InChI=1S/C18H22N2.C14H13F.C2H5N/c1-14(2)18(20-15(3)19,16-10-6-4-7-11-16)17-12-8-5-9-13-17;1-2-11-5-3-6-12(9-11)13-7-4-8-14(15)10-13;1-2-3/h4-8,10-12H,1,9,13H2,2-3H3,(H2,19,20);3-10H,2H2,1H3;2H,1,3H2. The van der Waals surface area contributed by atoms with Crippen molar-refractivity contribution in [1.82, 2.24) is 0 Å². The summed E-state index contributed by atoms with van der Waals surface area (Å²) in [4.78, 5) is 4.79. The van der Waals surface area contributed by atoms with Crippen LogP contribution in [0, 0.1) is 5.82 Å². The molecule has 3 aromatic carbocycles. The fourth-order valence-corrected chi connectivity index (χ4v) is 4.42. The maximum Gasteiger partial charge on any atom is 0.129 e. The van der Waals surface area contributed by atoms with Crippen molar-refractivity contribution in [2.24, 2.45) is 16.5 Å². The molecule has 4 rings (SSSR count). The number of allylic oxidation sites excluding steroid dienone is 3. The van der Waals surface area contributed by atoms with Gasteiger partial charge in [-0.3, -0.25) is 4.99 Å². The predicted molar refractivity (Wildman–Crippen MR) is 162 cm³/mol. The van der Waals surface area contributed by atoms with Gasteiger partial charge in [-0.25, -0.2) is 4.39 Å².